The second kappa shape index (κ2) is 10.7. The molecule has 7 rings (SSSR count). The topological polar surface area (TPSA) is 101 Å². The van der Waals surface area contributed by atoms with Gasteiger partial charge in [0.2, 0.25) is 0 Å². The lowest BCUT2D eigenvalue weighted by atomic mass is 9.90. The van der Waals surface area contributed by atoms with Crippen molar-refractivity contribution < 1.29 is 0 Å². The van der Waals surface area contributed by atoms with Crippen LogP contribution in [0.15, 0.2) is 42.7 Å². The Kier molecular flexibility index (Phi) is 6.84. The third-order valence-corrected chi connectivity index (χ3v) is 9.94. The molecule has 2 aliphatic rings. The average Bonchev–Trinajstić information content (AvgIpc) is 3.56. The largest absolute Gasteiger partial charge is 0.383 e. The number of nitrogen functional groups attached to an aromatic ring is 1. The number of thiazole rings is 1. The summed E-state index contributed by atoms with van der Waals surface area (Å²) in [5.74, 6) is 0.477. The first-order chi connectivity index (χ1) is 19.9. The van der Waals surface area contributed by atoms with Crippen LogP contribution in [0.5, 0.6) is 0 Å². The van der Waals surface area contributed by atoms with E-state index >= 15 is 0 Å². The standard InChI is InChI=1S/C31H37N9S/c1-19-16-20(2)28-25(17-19)36-31(41-28)35-22-6-4-21(5-7-22)27-26-29(32)33-18-34-30(26)40(37-27)24-10-8-23(9-11-24)39-14-12-38(3)13-15-39/h4-7,16-18,23-24H,8-15H2,1-3H3,(H,35,36)(H2,32,33,34). The lowest BCUT2D eigenvalue weighted by molar-refractivity contribution is 0.0815. The van der Waals surface area contributed by atoms with Crippen LogP contribution in [0.4, 0.5) is 16.6 Å². The molecule has 0 spiro atoms. The highest BCUT2D eigenvalue weighted by Gasteiger charge is 2.30. The van der Waals surface area contributed by atoms with Gasteiger partial charge in [0.15, 0.2) is 10.8 Å². The SMILES string of the molecule is Cc1cc(C)c2sc(Nc3ccc(-c4nn(C5CCC(N6CCN(C)CC6)CC5)c5ncnc(N)c45)cc3)nc2c1. The van der Waals surface area contributed by atoms with E-state index in [0.29, 0.717) is 17.9 Å². The summed E-state index contributed by atoms with van der Waals surface area (Å²) in [6, 6.07) is 13.7. The number of aryl methyl sites for hydroxylation is 2. The molecule has 4 heterocycles. The molecule has 0 amide bonds. The van der Waals surface area contributed by atoms with Gasteiger partial charge in [-0.3, -0.25) is 4.90 Å². The summed E-state index contributed by atoms with van der Waals surface area (Å²) in [7, 11) is 2.22. The van der Waals surface area contributed by atoms with Crippen molar-refractivity contribution in [3.05, 3.63) is 53.9 Å². The van der Waals surface area contributed by atoms with Gasteiger partial charge in [0.25, 0.3) is 0 Å². The third-order valence-electron chi connectivity index (χ3n) is 8.81. The van der Waals surface area contributed by atoms with E-state index in [1.807, 2.05) is 0 Å². The van der Waals surface area contributed by atoms with Crippen molar-refractivity contribution in [1.82, 2.24) is 34.5 Å². The van der Waals surface area contributed by atoms with Crippen LogP contribution in [0.3, 0.4) is 0 Å². The molecule has 41 heavy (non-hydrogen) atoms. The van der Waals surface area contributed by atoms with E-state index in [-0.39, 0.29) is 0 Å². The molecule has 1 saturated heterocycles. The molecule has 0 unspecified atom stereocenters. The van der Waals surface area contributed by atoms with E-state index in [9.17, 15) is 0 Å². The number of benzene rings is 2. The van der Waals surface area contributed by atoms with Gasteiger partial charge in [0.1, 0.15) is 17.8 Å². The number of hydrogen-bond donors (Lipinski definition) is 2. The number of nitrogens with two attached hydrogens (primary N) is 1. The molecule has 2 fully saturated rings. The Morgan fingerprint density at radius 1 is 0.927 bits per heavy atom. The summed E-state index contributed by atoms with van der Waals surface area (Å²) in [5, 5.41) is 10.3. The fraction of sp³-hybridized carbons (Fsp3) is 0.419. The first-order valence-corrected chi connectivity index (χ1v) is 15.4. The minimum atomic E-state index is 0.316. The van der Waals surface area contributed by atoms with E-state index in [4.69, 9.17) is 15.8 Å². The van der Waals surface area contributed by atoms with Gasteiger partial charge in [-0.05, 0) is 75.9 Å². The smallest absolute Gasteiger partial charge is 0.188 e. The van der Waals surface area contributed by atoms with Gasteiger partial charge in [-0.2, -0.15) is 5.10 Å². The van der Waals surface area contributed by atoms with E-state index in [2.05, 4.69) is 87.1 Å². The highest BCUT2D eigenvalue weighted by Crippen LogP contribution is 2.38. The summed E-state index contributed by atoms with van der Waals surface area (Å²) >= 11 is 1.68. The third kappa shape index (κ3) is 5.05. The predicted octanol–water partition coefficient (Wildman–Crippen LogP) is 5.78. The second-order valence-electron chi connectivity index (χ2n) is 11.7. The number of aromatic nitrogens is 5. The Morgan fingerprint density at radius 2 is 1.66 bits per heavy atom. The quantitative estimate of drug-likeness (QED) is 0.276. The van der Waals surface area contributed by atoms with Crippen molar-refractivity contribution in [2.45, 2.75) is 51.6 Å². The number of hydrogen-bond acceptors (Lipinski definition) is 9. The molecule has 1 aliphatic heterocycles. The van der Waals surface area contributed by atoms with Crippen molar-refractivity contribution in [1.29, 1.82) is 0 Å². The maximum atomic E-state index is 6.43. The van der Waals surface area contributed by atoms with E-state index in [1.165, 1.54) is 41.8 Å². The summed E-state index contributed by atoms with van der Waals surface area (Å²) in [4.78, 5) is 18.9. The molecule has 0 radical (unpaired) electrons. The van der Waals surface area contributed by atoms with Crippen LogP contribution in [0.2, 0.25) is 0 Å². The van der Waals surface area contributed by atoms with Gasteiger partial charge < -0.3 is 16.0 Å². The first-order valence-electron chi connectivity index (χ1n) is 14.6. The van der Waals surface area contributed by atoms with Crippen LogP contribution in [-0.4, -0.2) is 73.8 Å². The van der Waals surface area contributed by atoms with Gasteiger partial charge in [-0.15, -0.1) is 0 Å². The van der Waals surface area contributed by atoms with Crippen molar-refractivity contribution in [2.24, 2.45) is 0 Å². The summed E-state index contributed by atoms with van der Waals surface area (Å²) < 4.78 is 3.35. The monoisotopic (exact) mass is 567 g/mol. The van der Waals surface area contributed by atoms with E-state index in [0.717, 1.165) is 64.6 Å². The zero-order chi connectivity index (χ0) is 28.1. The Bertz CT molecular complexity index is 1690. The molecule has 2 aromatic carbocycles. The van der Waals surface area contributed by atoms with Crippen molar-refractivity contribution in [3.8, 4) is 11.3 Å². The molecule has 0 atom stereocenters. The van der Waals surface area contributed by atoms with Gasteiger partial charge in [-0.25, -0.2) is 19.6 Å². The van der Waals surface area contributed by atoms with Gasteiger partial charge in [-0.1, -0.05) is 29.5 Å². The Labute approximate surface area is 244 Å². The van der Waals surface area contributed by atoms with Crippen LogP contribution in [0, 0.1) is 13.8 Å². The number of piperazine rings is 1. The normalized spacial score (nSPS) is 20.7. The molecular formula is C31H37N9S. The number of rotatable bonds is 5. The average molecular weight is 568 g/mol. The molecule has 3 aromatic heterocycles. The molecule has 3 N–H and O–H groups in total. The molecule has 5 aromatic rings. The lowest BCUT2D eigenvalue weighted by Gasteiger charge is -2.41. The minimum absolute atomic E-state index is 0.316. The van der Waals surface area contributed by atoms with Crippen LogP contribution in [-0.2, 0) is 0 Å². The zero-order valence-corrected chi connectivity index (χ0v) is 24.8. The van der Waals surface area contributed by atoms with Crippen LogP contribution >= 0.6 is 11.3 Å². The number of nitrogens with one attached hydrogen (secondary N) is 1. The molecule has 9 nitrogen and oxygen atoms in total. The van der Waals surface area contributed by atoms with Gasteiger partial charge in [0.05, 0.1) is 21.6 Å². The molecule has 212 valence electrons. The van der Waals surface area contributed by atoms with Crippen LogP contribution in [0.1, 0.15) is 42.9 Å². The van der Waals surface area contributed by atoms with Crippen molar-refractivity contribution in [2.75, 3.05) is 44.3 Å². The van der Waals surface area contributed by atoms with Gasteiger partial charge >= 0.3 is 0 Å². The highest BCUT2D eigenvalue weighted by atomic mass is 32.1. The number of fused-ring (bicyclic) bond motifs is 2. The first kappa shape index (κ1) is 26.3. The zero-order valence-electron chi connectivity index (χ0n) is 24.0. The summed E-state index contributed by atoms with van der Waals surface area (Å²) in [6.45, 7) is 8.93. The predicted molar refractivity (Wildman–Crippen MR) is 168 cm³/mol. The second-order valence-corrected chi connectivity index (χ2v) is 12.7. The molecule has 1 saturated carbocycles. The molecule has 1 aliphatic carbocycles. The van der Waals surface area contributed by atoms with Crippen LogP contribution in [0.25, 0.3) is 32.5 Å². The number of nitrogens with zero attached hydrogens (tertiary/aromatic N) is 7. The summed E-state index contributed by atoms with van der Waals surface area (Å²) in [5.41, 5.74) is 13.6. The maximum Gasteiger partial charge on any atom is 0.188 e. The lowest BCUT2D eigenvalue weighted by Crippen LogP contribution is -2.49. The van der Waals surface area contributed by atoms with Gasteiger partial charge in [0, 0.05) is 43.5 Å². The highest BCUT2D eigenvalue weighted by molar-refractivity contribution is 7.22. The minimum Gasteiger partial charge on any atom is -0.383 e. The molecule has 10 heteroatoms. The number of anilines is 3. The summed E-state index contributed by atoms with van der Waals surface area (Å²) in [6.07, 6.45) is 6.14. The maximum absolute atomic E-state index is 6.43. The Morgan fingerprint density at radius 3 is 2.41 bits per heavy atom. The number of likely N-dealkylation sites (N-methyl/N-ethyl adjacent to an activating group) is 1. The molecule has 0 bridgehead atoms. The van der Waals surface area contributed by atoms with Crippen molar-refractivity contribution >= 4 is 49.2 Å². The van der Waals surface area contributed by atoms with Crippen LogP contribution < -0.4 is 11.1 Å². The van der Waals surface area contributed by atoms with Crippen molar-refractivity contribution in [3.63, 3.8) is 0 Å². The Hall–Kier alpha value is -3.60. The van der Waals surface area contributed by atoms with E-state index < -0.39 is 0 Å². The fourth-order valence-electron chi connectivity index (χ4n) is 6.57. The van der Waals surface area contributed by atoms with E-state index in [1.54, 1.807) is 17.7 Å². The fourth-order valence-corrected chi connectivity index (χ4v) is 7.51. The Balaban J connectivity index is 1.12. The molecular weight excluding hydrogens is 530 g/mol.